The van der Waals surface area contributed by atoms with Crippen LogP contribution in [-0.2, 0) is 6.42 Å². The lowest BCUT2D eigenvalue weighted by molar-refractivity contribution is 0.236. The Hall–Kier alpha value is -2.08. The van der Waals surface area contributed by atoms with Gasteiger partial charge in [-0.1, -0.05) is 25.1 Å². The standard InChI is InChI=1S/C17H23N3O2S/c1-4-14(16-19-12(2)11-23-16)20-17(21)18-10-9-13-7-5-6-8-15(13)22-3/h5-8,11,14H,4,9-10H2,1-3H3,(H2,18,20,21)/t14-/m1/s1. The number of para-hydroxylation sites is 1. The minimum atomic E-state index is -0.167. The number of rotatable bonds is 7. The number of hydrogen-bond acceptors (Lipinski definition) is 4. The number of amides is 2. The van der Waals surface area contributed by atoms with Crippen LogP contribution < -0.4 is 15.4 Å². The second-order valence-electron chi connectivity index (χ2n) is 5.25. The molecule has 0 radical (unpaired) electrons. The van der Waals surface area contributed by atoms with Crippen LogP contribution in [-0.4, -0.2) is 24.7 Å². The Balaban J connectivity index is 1.82. The van der Waals surface area contributed by atoms with Crippen LogP contribution in [0.5, 0.6) is 5.75 Å². The molecule has 0 aliphatic rings. The molecule has 1 heterocycles. The van der Waals surface area contributed by atoms with E-state index in [1.54, 1.807) is 18.4 Å². The average molecular weight is 333 g/mol. The van der Waals surface area contributed by atoms with Crippen molar-refractivity contribution in [2.75, 3.05) is 13.7 Å². The molecule has 2 aromatic rings. The molecular formula is C17H23N3O2S. The van der Waals surface area contributed by atoms with E-state index in [0.717, 1.165) is 34.9 Å². The van der Waals surface area contributed by atoms with Crippen molar-refractivity contribution in [1.82, 2.24) is 15.6 Å². The SMILES string of the molecule is CC[C@@H](NC(=O)NCCc1ccccc1OC)c1nc(C)cs1. The fraction of sp³-hybridized carbons (Fsp3) is 0.412. The van der Waals surface area contributed by atoms with Gasteiger partial charge in [0.1, 0.15) is 10.8 Å². The number of nitrogens with one attached hydrogen (secondary N) is 2. The number of hydrogen-bond donors (Lipinski definition) is 2. The number of aromatic nitrogens is 1. The van der Waals surface area contributed by atoms with Crippen molar-refractivity contribution in [3.63, 3.8) is 0 Å². The first-order valence-electron chi connectivity index (χ1n) is 7.72. The Morgan fingerprint density at radius 3 is 2.83 bits per heavy atom. The summed E-state index contributed by atoms with van der Waals surface area (Å²) in [6.45, 7) is 4.55. The molecular weight excluding hydrogens is 310 g/mol. The molecule has 2 rings (SSSR count). The van der Waals surface area contributed by atoms with Gasteiger partial charge in [0.15, 0.2) is 0 Å². The summed E-state index contributed by atoms with van der Waals surface area (Å²) in [5, 5.41) is 8.82. The van der Waals surface area contributed by atoms with Crippen molar-refractivity contribution >= 4 is 17.4 Å². The first kappa shape index (κ1) is 17.3. The van der Waals surface area contributed by atoms with Gasteiger partial charge in [-0.05, 0) is 31.4 Å². The van der Waals surface area contributed by atoms with Crippen molar-refractivity contribution in [3.8, 4) is 5.75 Å². The monoisotopic (exact) mass is 333 g/mol. The van der Waals surface area contributed by atoms with E-state index in [2.05, 4.69) is 15.6 Å². The molecule has 1 atom stereocenters. The Labute approximate surface area is 141 Å². The van der Waals surface area contributed by atoms with Gasteiger partial charge in [0.25, 0.3) is 0 Å². The number of nitrogens with zero attached hydrogens (tertiary/aromatic N) is 1. The minimum Gasteiger partial charge on any atom is -0.496 e. The predicted octanol–water partition coefficient (Wildman–Crippen LogP) is 3.45. The van der Waals surface area contributed by atoms with Gasteiger partial charge in [-0.15, -0.1) is 11.3 Å². The number of methoxy groups -OCH3 is 1. The summed E-state index contributed by atoms with van der Waals surface area (Å²) in [4.78, 5) is 16.5. The van der Waals surface area contributed by atoms with Crippen molar-refractivity contribution in [2.45, 2.75) is 32.7 Å². The molecule has 0 saturated carbocycles. The maximum Gasteiger partial charge on any atom is 0.315 e. The molecule has 1 aromatic heterocycles. The Bertz CT molecular complexity index is 642. The minimum absolute atomic E-state index is 0.0417. The van der Waals surface area contributed by atoms with Crippen molar-refractivity contribution in [1.29, 1.82) is 0 Å². The highest BCUT2D eigenvalue weighted by Gasteiger charge is 2.15. The summed E-state index contributed by atoms with van der Waals surface area (Å²) in [5.74, 6) is 0.847. The largest absolute Gasteiger partial charge is 0.496 e. The van der Waals surface area contributed by atoms with E-state index in [1.165, 1.54) is 0 Å². The molecule has 5 nitrogen and oxygen atoms in total. The smallest absolute Gasteiger partial charge is 0.315 e. The predicted molar refractivity (Wildman–Crippen MR) is 93.1 cm³/mol. The van der Waals surface area contributed by atoms with Crippen LogP contribution in [0.3, 0.4) is 0 Å². The fourth-order valence-electron chi connectivity index (χ4n) is 2.30. The molecule has 1 aromatic carbocycles. The maximum atomic E-state index is 12.1. The van der Waals surface area contributed by atoms with Crippen LogP contribution >= 0.6 is 11.3 Å². The van der Waals surface area contributed by atoms with Gasteiger partial charge < -0.3 is 15.4 Å². The molecule has 124 valence electrons. The molecule has 0 saturated heterocycles. The molecule has 6 heteroatoms. The molecule has 0 aliphatic carbocycles. The van der Waals surface area contributed by atoms with Gasteiger partial charge in [-0.2, -0.15) is 0 Å². The zero-order chi connectivity index (χ0) is 16.7. The third kappa shape index (κ3) is 4.96. The average Bonchev–Trinajstić information content (AvgIpc) is 2.99. The van der Waals surface area contributed by atoms with Gasteiger partial charge in [-0.25, -0.2) is 9.78 Å². The van der Waals surface area contributed by atoms with Crippen LogP contribution in [0.2, 0.25) is 0 Å². The van der Waals surface area contributed by atoms with Gasteiger partial charge in [0.2, 0.25) is 0 Å². The van der Waals surface area contributed by atoms with Crippen LogP contribution in [0.1, 0.15) is 35.7 Å². The summed E-state index contributed by atoms with van der Waals surface area (Å²) in [6.07, 6.45) is 1.54. The summed E-state index contributed by atoms with van der Waals surface area (Å²) >= 11 is 1.58. The highest BCUT2D eigenvalue weighted by atomic mass is 32.1. The van der Waals surface area contributed by atoms with Crippen molar-refractivity contribution in [3.05, 3.63) is 45.9 Å². The molecule has 2 N–H and O–H groups in total. The van der Waals surface area contributed by atoms with Gasteiger partial charge >= 0.3 is 6.03 Å². The Morgan fingerprint density at radius 1 is 1.39 bits per heavy atom. The molecule has 0 aliphatic heterocycles. The maximum absolute atomic E-state index is 12.1. The van der Waals surface area contributed by atoms with Gasteiger partial charge in [0, 0.05) is 17.6 Å². The number of aryl methyl sites for hydroxylation is 1. The molecule has 2 amide bonds. The molecule has 0 spiro atoms. The summed E-state index contributed by atoms with van der Waals surface area (Å²) < 4.78 is 5.31. The topological polar surface area (TPSA) is 63.2 Å². The van der Waals surface area contributed by atoms with E-state index in [9.17, 15) is 4.79 Å². The molecule has 0 fully saturated rings. The van der Waals surface area contributed by atoms with Gasteiger partial charge in [0.05, 0.1) is 13.2 Å². The Morgan fingerprint density at radius 2 is 2.17 bits per heavy atom. The number of carbonyl (C=O) groups excluding carboxylic acids is 1. The van der Waals surface area contributed by atoms with Gasteiger partial charge in [-0.3, -0.25) is 0 Å². The van der Waals surface area contributed by atoms with Crippen molar-refractivity contribution < 1.29 is 9.53 Å². The van der Waals surface area contributed by atoms with E-state index in [-0.39, 0.29) is 12.1 Å². The zero-order valence-electron chi connectivity index (χ0n) is 13.8. The van der Waals surface area contributed by atoms with E-state index < -0.39 is 0 Å². The second kappa shape index (κ2) is 8.53. The lowest BCUT2D eigenvalue weighted by atomic mass is 10.1. The second-order valence-corrected chi connectivity index (χ2v) is 6.14. The number of carbonyl (C=O) groups is 1. The number of thiazole rings is 1. The normalized spacial score (nSPS) is 11.8. The van der Waals surface area contributed by atoms with E-state index in [0.29, 0.717) is 6.54 Å². The quantitative estimate of drug-likeness (QED) is 0.816. The summed E-state index contributed by atoms with van der Waals surface area (Å²) in [5.41, 5.74) is 2.07. The van der Waals surface area contributed by atoms with E-state index in [4.69, 9.17) is 4.74 Å². The lowest BCUT2D eigenvalue weighted by Gasteiger charge is -2.15. The molecule has 23 heavy (non-hydrogen) atoms. The first-order valence-corrected chi connectivity index (χ1v) is 8.60. The highest BCUT2D eigenvalue weighted by molar-refractivity contribution is 7.09. The van der Waals surface area contributed by atoms with Crippen LogP contribution in [0.4, 0.5) is 4.79 Å². The molecule has 0 bridgehead atoms. The first-order chi connectivity index (χ1) is 11.1. The Kier molecular flexibility index (Phi) is 6.40. The highest BCUT2D eigenvalue weighted by Crippen LogP contribution is 2.20. The summed E-state index contributed by atoms with van der Waals surface area (Å²) in [7, 11) is 1.65. The third-order valence-corrected chi connectivity index (χ3v) is 4.60. The van der Waals surface area contributed by atoms with Crippen LogP contribution in [0.15, 0.2) is 29.6 Å². The van der Waals surface area contributed by atoms with Crippen molar-refractivity contribution in [2.24, 2.45) is 0 Å². The third-order valence-electron chi connectivity index (χ3n) is 3.52. The number of urea groups is 1. The lowest BCUT2D eigenvalue weighted by Crippen LogP contribution is -2.38. The van der Waals surface area contributed by atoms with Crippen LogP contribution in [0.25, 0.3) is 0 Å². The summed E-state index contributed by atoms with van der Waals surface area (Å²) in [6, 6.07) is 7.62. The number of benzene rings is 1. The van der Waals surface area contributed by atoms with E-state index >= 15 is 0 Å². The fourth-order valence-corrected chi connectivity index (χ4v) is 3.23. The van der Waals surface area contributed by atoms with E-state index in [1.807, 2.05) is 43.5 Å². The molecule has 0 unspecified atom stereocenters. The van der Waals surface area contributed by atoms with Crippen LogP contribution in [0, 0.1) is 6.92 Å². The zero-order valence-corrected chi connectivity index (χ0v) is 14.6. The number of ether oxygens (including phenoxy) is 1.